The van der Waals surface area contributed by atoms with Gasteiger partial charge in [-0.3, -0.25) is 0 Å². The van der Waals surface area contributed by atoms with Crippen LogP contribution in [0, 0.1) is 6.92 Å². The molecule has 0 aromatic carbocycles. The Morgan fingerprint density at radius 2 is 2.05 bits per heavy atom. The van der Waals surface area contributed by atoms with Gasteiger partial charge in [-0.15, -0.1) is 0 Å². The summed E-state index contributed by atoms with van der Waals surface area (Å²) in [6.45, 7) is 1.92. The molecule has 1 fully saturated rings. The molecule has 0 aliphatic heterocycles. The van der Waals surface area contributed by atoms with Gasteiger partial charge in [0.15, 0.2) is 10.3 Å². The Morgan fingerprint density at radius 3 is 2.76 bits per heavy atom. The van der Waals surface area contributed by atoms with E-state index in [1.807, 2.05) is 13.0 Å². The normalized spacial score (nSPS) is 13.8. The summed E-state index contributed by atoms with van der Waals surface area (Å²) < 4.78 is 0. The quantitative estimate of drug-likeness (QED) is 0.505. The molecule has 0 bridgehead atoms. The van der Waals surface area contributed by atoms with E-state index >= 15 is 0 Å². The minimum Gasteiger partial charge on any atom is -0.360 e. The Balaban J connectivity index is 1.71. The second-order valence-corrected chi connectivity index (χ2v) is 6.07. The van der Waals surface area contributed by atoms with Crippen LogP contribution in [0.5, 0.6) is 0 Å². The van der Waals surface area contributed by atoms with Crippen LogP contribution in [-0.4, -0.2) is 31.1 Å². The molecule has 0 atom stereocenters. The largest absolute Gasteiger partial charge is 0.360 e. The van der Waals surface area contributed by atoms with Crippen molar-refractivity contribution in [3.63, 3.8) is 0 Å². The van der Waals surface area contributed by atoms with Crippen LogP contribution in [0.15, 0.2) is 34.7 Å². The monoisotopic (exact) mass is 318 g/mol. The molecule has 2 N–H and O–H groups in total. The van der Waals surface area contributed by atoms with Crippen LogP contribution in [0.3, 0.4) is 0 Å². The van der Waals surface area contributed by atoms with E-state index < -0.39 is 0 Å². The van der Waals surface area contributed by atoms with Gasteiger partial charge in [-0.05, 0) is 55.9 Å². The van der Waals surface area contributed by atoms with E-state index in [1.54, 1.807) is 18.5 Å². The molecule has 0 saturated heterocycles. The summed E-state index contributed by atoms with van der Waals surface area (Å²) in [7, 11) is 0. The molecule has 2 heterocycles. The number of aryl methyl sites for hydroxylation is 1. The summed E-state index contributed by atoms with van der Waals surface area (Å²) in [5.41, 5.74) is 0.861. The van der Waals surface area contributed by atoms with Gasteiger partial charge in [0.2, 0.25) is 5.95 Å². The van der Waals surface area contributed by atoms with Gasteiger partial charge < -0.3 is 10.6 Å². The highest BCUT2D eigenvalue weighted by molar-refractivity contribution is 7.99. The molecule has 2 aromatic heterocycles. The smallest absolute Gasteiger partial charge is 0.230 e. The third-order valence-corrected chi connectivity index (χ3v) is 3.74. The Hall–Kier alpha value is -1.80. The van der Waals surface area contributed by atoms with Gasteiger partial charge in [0.25, 0.3) is 0 Å². The van der Waals surface area contributed by atoms with E-state index in [4.69, 9.17) is 12.2 Å². The average Bonchev–Trinajstić information content (AvgIpc) is 3.22. The highest BCUT2D eigenvalue weighted by Gasteiger charge is 2.22. The molecule has 21 heavy (non-hydrogen) atoms. The molecule has 1 saturated carbocycles. The van der Waals surface area contributed by atoms with E-state index in [-0.39, 0.29) is 0 Å². The SMILES string of the molecule is Cc1cc(Sc2ncccn2)nc(NC(=S)NC2CC2)n1. The fourth-order valence-corrected chi connectivity index (χ4v) is 2.66. The van der Waals surface area contributed by atoms with Gasteiger partial charge in [0, 0.05) is 24.1 Å². The summed E-state index contributed by atoms with van der Waals surface area (Å²) in [6.07, 6.45) is 5.75. The zero-order valence-electron chi connectivity index (χ0n) is 11.4. The van der Waals surface area contributed by atoms with Gasteiger partial charge in [0.05, 0.1) is 0 Å². The Bertz CT molecular complexity index is 644. The van der Waals surface area contributed by atoms with Gasteiger partial charge in [-0.2, -0.15) is 0 Å². The lowest BCUT2D eigenvalue weighted by Crippen LogP contribution is -2.30. The number of anilines is 1. The third kappa shape index (κ3) is 4.33. The number of nitrogens with one attached hydrogen (secondary N) is 2. The molecule has 1 aliphatic rings. The van der Waals surface area contributed by atoms with Crippen LogP contribution >= 0.6 is 24.0 Å². The molecule has 1 aliphatic carbocycles. The van der Waals surface area contributed by atoms with Crippen LogP contribution < -0.4 is 10.6 Å². The summed E-state index contributed by atoms with van der Waals surface area (Å²) in [5, 5.41) is 8.22. The van der Waals surface area contributed by atoms with Crippen molar-refractivity contribution in [3.8, 4) is 0 Å². The Morgan fingerprint density at radius 1 is 1.29 bits per heavy atom. The highest BCUT2D eigenvalue weighted by atomic mass is 32.2. The van der Waals surface area contributed by atoms with E-state index in [1.165, 1.54) is 24.6 Å². The predicted octanol–water partition coefficient (Wildman–Crippen LogP) is 2.18. The zero-order valence-corrected chi connectivity index (χ0v) is 13.0. The first-order valence-electron chi connectivity index (χ1n) is 6.57. The van der Waals surface area contributed by atoms with Gasteiger partial charge in [0.1, 0.15) is 5.03 Å². The molecule has 0 amide bonds. The lowest BCUT2D eigenvalue weighted by molar-refractivity contribution is 0.912. The molecule has 0 spiro atoms. The van der Waals surface area contributed by atoms with Crippen LogP contribution in [0.25, 0.3) is 0 Å². The lowest BCUT2D eigenvalue weighted by Gasteiger charge is -2.09. The van der Waals surface area contributed by atoms with Crippen molar-refractivity contribution in [2.45, 2.75) is 36.0 Å². The number of hydrogen-bond donors (Lipinski definition) is 2. The molecule has 2 aromatic rings. The van der Waals surface area contributed by atoms with E-state index in [2.05, 4.69) is 30.6 Å². The van der Waals surface area contributed by atoms with Crippen molar-refractivity contribution >= 4 is 35.0 Å². The van der Waals surface area contributed by atoms with Crippen LogP contribution in [0.1, 0.15) is 18.5 Å². The minimum absolute atomic E-state index is 0.492. The van der Waals surface area contributed by atoms with Gasteiger partial charge in [-0.1, -0.05) is 0 Å². The van der Waals surface area contributed by atoms with Crippen LogP contribution in [0.2, 0.25) is 0 Å². The molecule has 108 valence electrons. The molecule has 3 rings (SSSR count). The molecular weight excluding hydrogens is 304 g/mol. The number of hydrogen-bond acceptors (Lipinski definition) is 6. The standard InChI is InChI=1S/C13H14N6S2/c1-8-7-10(21-13-14-5-2-6-15-13)18-11(16-8)19-12(20)17-9-3-4-9/h2,5-7,9H,3-4H2,1H3,(H2,16,17,18,19,20). The average molecular weight is 318 g/mol. The van der Waals surface area contributed by atoms with Crippen molar-refractivity contribution < 1.29 is 0 Å². The topological polar surface area (TPSA) is 75.6 Å². The fourth-order valence-electron chi connectivity index (χ4n) is 1.63. The van der Waals surface area contributed by atoms with Crippen molar-refractivity contribution in [1.29, 1.82) is 0 Å². The van der Waals surface area contributed by atoms with Gasteiger partial charge in [-0.25, -0.2) is 19.9 Å². The van der Waals surface area contributed by atoms with E-state index in [9.17, 15) is 0 Å². The van der Waals surface area contributed by atoms with Crippen molar-refractivity contribution in [1.82, 2.24) is 25.3 Å². The van der Waals surface area contributed by atoms with E-state index in [0.29, 0.717) is 22.3 Å². The second-order valence-electron chi connectivity index (χ2n) is 4.68. The molecular formula is C13H14N6S2. The maximum atomic E-state index is 5.23. The Kier molecular flexibility index (Phi) is 4.26. The Labute approximate surface area is 132 Å². The third-order valence-electron chi connectivity index (χ3n) is 2.71. The molecule has 6 nitrogen and oxygen atoms in total. The summed E-state index contributed by atoms with van der Waals surface area (Å²) in [6, 6.07) is 4.18. The summed E-state index contributed by atoms with van der Waals surface area (Å²) in [5.74, 6) is 0.492. The highest BCUT2D eigenvalue weighted by Crippen LogP contribution is 2.23. The molecule has 0 radical (unpaired) electrons. The van der Waals surface area contributed by atoms with Crippen molar-refractivity contribution in [2.24, 2.45) is 0 Å². The predicted molar refractivity (Wildman–Crippen MR) is 85.3 cm³/mol. The van der Waals surface area contributed by atoms with Crippen LogP contribution in [-0.2, 0) is 0 Å². The molecule has 8 heteroatoms. The summed E-state index contributed by atoms with van der Waals surface area (Å²) in [4.78, 5) is 17.1. The van der Waals surface area contributed by atoms with E-state index in [0.717, 1.165) is 10.7 Å². The summed E-state index contributed by atoms with van der Waals surface area (Å²) >= 11 is 6.63. The fraction of sp³-hybridized carbons (Fsp3) is 0.308. The number of aromatic nitrogens is 4. The lowest BCUT2D eigenvalue weighted by atomic mass is 10.5. The maximum Gasteiger partial charge on any atom is 0.230 e. The van der Waals surface area contributed by atoms with Crippen molar-refractivity contribution in [2.75, 3.05) is 5.32 Å². The number of nitrogens with zero attached hydrogens (tertiary/aromatic N) is 4. The maximum absolute atomic E-state index is 5.23. The first-order chi connectivity index (χ1) is 10.2. The van der Waals surface area contributed by atoms with Crippen LogP contribution in [0.4, 0.5) is 5.95 Å². The zero-order chi connectivity index (χ0) is 14.7. The number of rotatable bonds is 4. The first-order valence-corrected chi connectivity index (χ1v) is 7.79. The second kappa shape index (κ2) is 6.31. The minimum atomic E-state index is 0.492. The van der Waals surface area contributed by atoms with Crippen molar-refractivity contribution in [3.05, 3.63) is 30.2 Å². The van der Waals surface area contributed by atoms with Gasteiger partial charge >= 0.3 is 0 Å². The molecule has 0 unspecified atom stereocenters. The first kappa shape index (κ1) is 14.2. The number of thiocarbonyl (C=S) groups is 1.